The van der Waals surface area contributed by atoms with E-state index < -0.39 is 0 Å². The van der Waals surface area contributed by atoms with Crippen LogP contribution in [0, 0.1) is 0 Å². The number of benzene rings is 1. The number of ether oxygens (including phenoxy) is 1. The zero-order chi connectivity index (χ0) is 18.1. The number of nitrogens with zero attached hydrogens (tertiary/aromatic N) is 1. The van der Waals surface area contributed by atoms with Crippen molar-refractivity contribution in [2.45, 2.75) is 20.3 Å². The molecule has 6 heteroatoms. The van der Waals surface area contributed by atoms with E-state index in [9.17, 15) is 4.79 Å². The summed E-state index contributed by atoms with van der Waals surface area (Å²) >= 11 is 5.82. The molecule has 5 nitrogen and oxygen atoms in total. The molecule has 0 aliphatic carbocycles. The van der Waals surface area contributed by atoms with Crippen molar-refractivity contribution in [1.29, 1.82) is 0 Å². The van der Waals surface area contributed by atoms with Gasteiger partial charge in [-0.25, -0.2) is 4.99 Å². The molecule has 2 N–H and O–H groups in total. The van der Waals surface area contributed by atoms with Crippen molar-refractivity contribution >= 4 is 23.3 Å². The third kappa shape index (κ3) is 6.12. The summed E-state index contributed by atoms with van der Waals surface area (Å²) in [5, 5.41) is 6.53. The first kappa shape index (κ1) is 18.8. The molecule has 0 atom stereocenters. The standard InChI is InChI=1S/C19H22ClN3O2/c1-3-17(14-9-11-21-12-10-14)22-18(4-2)23-19(24)13-25-16-7-5-15(20)6-8-16/h3,5-11,21H,4,12-13H2,1-2H3,(H,22,23,24)/b17-3-. The van der Waals surface area contributed by atoms with Crippen LogP contribution in [-0.2, 0) is 4.79 Å². The van der Waals surface area contributed by atoms with Gasteiger partial charge in [0.15, 0.2) is 6.61 Å². The highest BCUT2D eigenvalue weighted by molar-refractivity contribution is 6.30. The van der Waals surface area contributed by atoms with Crippen LogP contribution in [0.1, 0.15) is 20.3 Å². The van der Waals surface area contributed by atoms with Crippen LogP contribution in [0.4, 0.5) is 0 Å². The summed E-state index contributed by atoms with van der Waals surface area (Å²) in [6.45, 7) is 4.55. The van der Waals surface area contributed by atoms with Crippen LogP contribution in [0.5, 0.6) is 5.75 Å². The summed E-state index contributed by atoms with van der Waals surface area (Å²) in [4.78, 5) is 16.7. The van der Waals surface area contributed by atoms with Crippen LogP contribution >= 0.6 is 11.6 Å². The number of hydrogen-bond donors (Lipinski definition) is 2. The highest BCUT2D eigenvalue weighted by Gasteiger charge is 2.09. The van der Waals surface area contributed by atoms with Crippen molar-refractivity contribution in [2.75, 3.05) is 13.2 Å². The molecule has 0 bridgehead atoms. The largest absolute Gasteiger partial charge is 0.484 e. The molecule has 0 fully saturated rings. The van der Waals surface area contributed by atoms with Gasteiger partial charge in [-0.2, -0.15) is 0 Å². The molecule has 0 radical (unpaired) electrons. The van der Waals surface area contributed by atoms with Crippen LogP contribution < -0.4 is 15.4 Å². The maximum atomic E-state index is 12.1. The Kier molecular flexibility index (Phi) is 7.29. The van der Waals surface area contributed by atoms with E-state index >= 15 is 0 Å². The number of halogens is 1. The Balaban J connectivity index is 1.95. The van der Waals surface area contributed by atoms with E-state index in [1.165, 1.54) is 0 Å². The Hall–Kier alpha value is -2.53. The lowest BCUT2D eigenvalue weighted by atomic mass is 10.1. The van der Waals surface area contributed by atoms with Gasteiger partial charge in [-0.05, 0) is 49.0 Å². The van der Waals surface area contributed by atoms with E-state index in [0.717, 1.165) is 17.8 Å². The molecular weight excluding hydrogens is 338 g/mol. The van der Waals surface area contributed by atoms with Crippen molar-refractivity contribution < 1.29 is 9.53 Å². The molecule has 1 aromatic carbocycles. The zero-order valence-electron chi connectivity index (χ0n) is 14.4. The van der Waals surface area contributed by atoms with E-state index in [-0.39, 0.29) is 12.5 Å². The second kappa shape index (κ2) is 9.69. The first-order chi connectivity index (χ1) is 12.1. The van der Waals surface area contributed by atoms with Gasteiger partial charge in [0.2, 0.25) is 0 Å². The van der Waals surface area contributed by atoms with Gasteiger partial charge in [0.1, 0.15) is 11.6 Å². The normalized spacial score (nSPS) is 14.6. The van der Waals surface area contributed by atoms with Crippen molar-refractivity contribution in [2.24, 2.45) is 4.99 Å². The molecular formula is C19H22ClN3O2. The fourth-order valence-corrected chi connectivity index (χ4v) is 2.28. The average Bonchev–Trinajstić information content (AvgIpc) is 2.65. The second-order valence-corrected chi connectivity index (χ2v) is 5.71. The molecule has 0 aromatic heterocycles. The molecule has 0 unspecified atom stereocenters. The number of rotatable bonds is 6. The van der Waals surface area contributed by atoms with Crippen LogP contribution in [0.2, 0.25) is 5.02 Å². The molecule has 0 spiro atoms. The fraction of sp³-hybridized carbons (Fsp3) is 0.263. The van der Waals surface area contributed by atoms with Gasteiger partial charge in [0.25, 0.3) is 5.91 Å². The van der Waals surface area contributed by atoms with Crippen LogP contribution in [0.15, 0.2) is 65.0 Å². The number of amidine groups is 1. The average molecular weight is 360 g/mol. The minimum atomic E-state index is -0.249. The van der Waals surface area contributed by atoms with Gasteiger partial charge in [-0.15, -0.1) is 0 Å². The maximum absolute atomic E-state index is 12.1. The van der Waals surface area contributed by atoms with Crippen molar-refractivity contribution in [3.05, 3.63) is 65.0 Å². The van der Waals surface area contributed by atoms with Crippen molar-refractivity contribution in [3.8, 4) is 5.75 Å². The molecule has 1 aromatic rings. The highest BCUT2D eigenvalue weighted by Crippen LogP contribution is 2.16. The van der Waals surface area contributed by atoms with Crippen molar-refractivity contribution in [1.82, 2.24) is 10.6 Å². The number of dihydropyridines is 1. The smallest absolute Gasteiger partial charge is 0.263 e. The number of amides is 1. The lowest BCUT2D eigenvalue weighted by molar-refractivity contribution is -0.121. The predicted molar refractivity (Wildman–Crippen MR) is 102 cm³/mol. The summed E-state index contributed by atoms with van der Waals surface area (Å²) < 4.78 is 5.44. The molecule has 0 saturated heterocycles. The number of carbonyl (C=O) groups is 1. The SMILES string of the molecule is C/C=C(\N=C(CC)NC(=O)COc1ccc(Cl)cc1)C1=CCNC=C1. The zero-order valence-corrected chi connectivity index (χ0v) is 15.1. The summed E-state index contributed by atoms with van der Waals surface area (Å²) in [7, 11) is 0. The monoisotopic (exact) mass is 359 g/mol. The Labute approximate surface area is 153 Å². The van der Waals surface area contributed by atoms with E-state index in [1.54, 1.807) is 24.3 Å². The van der Waals surface area contributed by atoms with Gasteiger partial charge in [0, 0.05) is 18.0 Å². The van der Waals surface area contributed by atoms with Crippen LogP contribution in [-0.4, -0.2) is 24.9 Å². The minimum Gasteiger partial charge on any atom is -0.484 e. The Morgan fingerprint density at radius 3 is 2.76 bits per heavy atom. The maximum Gasteiger partial charge on any atom is 0.263 e. The number of carbonyl (C=O) groups excluding carboxylic acids is 1. The molecule has 2 rings (SSSR count). The Morgan fingerprint density at radius 2 is 2.16 bits per heavy atom. The molecule has 1 heterocycles. The third-order valence-electron chi connectivity index (χ3n) is 3.45. The molecule has 0 saturated carbocycles. The van der Waals surface area contributed by atoms with Crippen LogP contribution in [0.25, 0.3) is 0 Å². The molecule has 1 aliphatic heterocycles. The number of hydrogen-bond acceptors (Lipinski definition) is 4. The lowest BCUT2D eigenvalue weighted by Gasteiger charge is -2.12. The van der Waals surface area contributed by atoms with Gasteiger partial charge < -0.3 is 15.4 Å². The quantitative estimate of drug-likeness (QED) is 0.602. The van der Waals surface area contributed by atoms with E-state index in [4.69, 9.17) is 16.3 Å². The Morgan fingerprint density at radius 1 is 1.40 bits per heavy atom. The minimum absolute atomic E-state index is 0.0850. The first-order valence-corrected chi connectivity index (χ1v) is 8.52. The summed E-state index contributed by atoms with van der Waals surface area (Å²) in [6.07, 6.45) is 8.43. The molecule has 25 heavy (non-hydrogen) atoms. The summed E-state index contributed by atoms with van der Waals surface area (Å²) in [5.41, 5.74) is 1.85. The van der Waals surface area contributed by atoms with E-state index in [0.29, 0.717) is 23.0 Å². The van der Waals surface area contributed by atoms with Gasteiger partial charge in [-0.3, -0.25) is 4.79 Å². The second-order valence-electron chi connectivity index (χ2n) is 5.28. The number of nitrogens with one attached hydrogen (secondary N) is 2. The molecule has 1 aliphatic rings. The topological polar surface area (TPSA) is 62.7 Å². The molecule has 1 amide bonds. The summed E-state index contributed by atoms with van der Waals surface area (Å²) in [6, 6.07) is 6.87. The van der Waals surface area contributed by atoms with E-state index in [2.05, 4.69) is 21.7 Å². The van der Waals surface area contributed by atoms with Gasteiger partial charge >= 0.3 is 0 Å². The third-order valence-corrected chi connectivity index (χ3v) is 3.70. The van der Waals surface area contributed by atoms with Crippen molar-refractivity contribution in [3.63, 3.8) is 0 Å². The summed E-state index contributed by atoms with van der Waals surface area (Å²) in [5.74, 6) is 0.945. The Bertz CT molecular complexity index is 719. The highest BCUT2D eigenvalue weighted by atomic mass is 35.5. The van der Waals surface area contributed by atoms with Gasteiger partial charge in [-0.1, -0.05) is 30.7 Å². The van der Waals surface area contributed by atoms with E-state index in [1.807, 2.05) is 32.2 Å². The first-order valence-electron chi connectivity index (χ1n) is 8.15. The number of allylic oxidation sites excluding steroid dienone is 2. The lowest BCUT2D eigenvalue weighted by Crippen LogP contribution is -2.34. The fourth-order valence-electron chi connectivity index (χ4n) is 2.16. The molecule has 132 valence electrons. The van der Waals surface area contributed by atoms with Crippen LogP contribution in [0.3, 0.4) is 0 Å². The predicted octanol–water partition coefficient (Wildman–Crippen LogP) is 3.59. The van der Waals surface area contributed by atoms with Gasteiger partial charge in [0.05, 0.1) is 5.70 Å². The number of aliphatic imine (C=N–C) groups is 1.